The normalized spacial score (nSPS) is 11.0. The van der Waals surface area contributed by atoms with E-state index >= 15 is 0 Å². The van der Waals surface area contributed by atoms with Crippen LogP contribution in [0.1, 0.15) is 42.3 Å². The van der Waals surface area contributed by atoms with Crippen LogP contribution in [0.3, 0.4) is 0 Å². The van der Waals surface area contributed by atoms with E-state index in [1.165, 1.54) is 0 Å². The Morgan fingerprint density at radius 1 is 1.19 bits per heavy atom. The zero-order chi connectivity index (χ0) is 19.6. The van der Waals surface area contributed by atoms with Crippen LogP contribution in [0.5, 0.6) is 5.75 Å². The molecule has 0 fully saturated rings. The molecule has 0 aliphatic carbocycles. The van der Waals surface area contributed by atoms with Gasteiger partial charge in [0, 0.05) is 0 Å². The minimum atomic E-state index is 0.184. The minimum absolute atomic E-state index is 0.184. The molecule has 1 heterocycles. The first-order valence-corrected chi connectivity index (χ1v) is 9.42. The summed E-state index contributed by atoms with van der Waals surface area (Å²) in [5, 5.41) is 9.64. The third-order valence-corrected chi connectivity index (χ3v) is 4.94. The summed E-state index contributed by atoms with van der Waals surface area (Å²) >= 11 is 12.7. The number of para-hydroxylation sites is 1. The first-order chi connectivity index (χ1) is 12.9. The maximum absolute atomic E-state index is 6.37. The Balaban J connectivity index is 1.98. The van der Waals surface area contributed by atoms with Crippen molar-refractivity contribution in [3.05, 3.63) is 75.5 Å². The molecule has 3 aromatic rings. The molecule has 6 heteroatoms. The second-order valence-corrected chi connectivity index (χ2v) is 7.38. The van der Waals surface area contributed by atoms with E-state index in [0.29, 0.717) is 22.3 Å². The fourth-order valence-corrected chi connectivity index (χ4v) is 3.44. The first-order valence-electron chi connectivity index (χ1n) is 8.67. The average Bonchev–Trinajstić information content (AvgIpc) is 3.04. The number of aryl methyl sites for hydroxylation is 1. The molecule has 0 saturated carbocycles. The van der Waals surface area contributed by atoms with Crippen molar-refractivity contribution in [1.82, 2.24) is 15.0 Å². The molecule has 0 N–H and O–H groups in total. The Labute approximate surface area is 169 Å². The summed E-state index contributed by atoms with van der Waals surface area (Å²) < 4.78 is 7.71. The van der Waals surface area contributed by atoms with Gasteiger partial charge in [0.2, 0.25) is 0 Å². The second kappa shape index (κ2) is 8.15. The van der Waals surface area contributed by atoms with E-state index in [2.05, 4.69) is 30.7 Å². The van der Waals surface area contributed by atoms with Crippen molar-refractivity contribution in [3.8, 4) is 11.4 Å². The number of halogens is 2. The molecule has 0 radical (unpaired) electrons. The Bertz CT molecular complexity index is 959. The molecule has 0 spiro atoms. The third-order valence-electron chi connectivity index (χ3n) is 4.33. The Hall–Kier alpha value is -2.30. The lowest BCUT2D eigenvalue weighted by atomic mass is 10.1. The second-order valence-electron chi connectivity index (χ2n) is 6.57. The van der Waals surface area contributed by atoms with E-state index in [4.69, 9.17) is 27.9 Å². The molecule has 0 atom stereocenters. The highest BCUT2D eigenvalue weighted by molar-refractivity contribution is 6.37. The summed E-state index contributed by atoms with van der Waals surface area (Å²) in [5.41, 5.74) is 4.47. The van der Waals surface area contributed by atoms with Crippen molar-refractivity contribution in [3.63, 3.8) is 0 Å². The quantitative estimate of drug-likeness (QED) is 0.491. The molecule has 0 unspecified atom stereocenters. The van der Waals surface area contributed by atoms with Crippen LogP contribution in [0.4, 0.5) is 0 Å². The van der Waals surface area contributed by atoms with Gasteiger partial charge in [0.1, 0.15) is 23.7 Å². The minimum Gasteiger partial charge on any atom is -0.487 e. The monoisotopic (exact) mass is 401 g/mol. The Morgan fingerprint density at radius 3 is 2.48 bits per heavy atom. The predicted molar refractivity (Wildman–Crippen MR) is 111 cm³/mol. The smallest absolute Gasteiger partial charge is 0.132 e. The van der Waals surface area contributed by atoms with Gasteiger partial charge < -0.3 is 4.74 Å². The number of hydrogen-bond acceptors (Lipinski definition) is 3. The van der Waals surface area contributed by atoms with Gasteiger partial charge in [0.25, 0.3) is 0 Å². The number of aromatic nitrogens is 3. The molecule has 140 valence electrons. The fraction of sp³-hybridized carbons (Fsp3) is 0.238. The van der Waals surface area contributed by atoms with Crippen molar-refractivity contribution in [2.45, 2.75) is 33.3 Å². The SMILES string of the molecule is C=Cc1ccc(OCc2c(C(C)C)nnn2-c2c(Cl)cccc2Cl)cc1C. The molecule has 0 aliphatic rings. The summed E-state index contributed by atoms with van der Waals surface area (Å²) in [7, 11) is 0. The molecule has 2 aromatic carbocycles. The van der Waals surface area contributed by atoms with Gasteiger partial charge in [-0.1, -0.05) is 67.1 Å². The summed E-state index contributed by atoms with van der Waals surface area (Å²) in [5.74, 6) is 0.953. The molecule has 1 aromatic heterocycles. The zero-order valence-corrected chi connectivity index (χ0v) is 17.1. The summed E-state index contributed by atoms with van der Waals surface area (Å²) in [6.07, 6.45) is 1.83. The Kier molecular flexibility index (Phi) is 5.88. The highest BCUT2D eigenvalue weighted by Crippen LogP contribution is 2.31. The lowest BCUT2D eigenvalue weighted by molar-refractivity contribution is 0.295. The third kappa shape index (κ3) is 4.02. The molecule has 4 nitrogen and oxygen atoms in total. The van der Waals surface area contributed by atoms with Gasteiger partial charge in [-0.05, 0) is 48.2 Å². The van der Waals surface area contributed by atoms with Crippen LogP contribution in [0, 0.1) is 6.92 Å². The van der Waals surface area contributed by atoms with Gasteiger partial charge in [-0.3, -0.25) is 0 Å². The predicted octanol–water partition coefficient (Wildman–Crippen LogP) is 6.23. The lowest BCUT2D eigenvalue weighted by Crippen LogP contribution is -2.09. The molecule has 0 bridgehead atoms. The van der Waals surface area contributed by atoms with E-state index in [1.807, 2.05) is 31.2 Å². The number of benzene rings is 2. The molecule has 0 saturated heterocycles. The fourth-order valence-electron chi connectivity index (χ4n) is 2.89. The van der Waals surface area contributed by atoms with Crippen molar-refractivity contribution < 1.29 is 4.74 Å². The summed E-state index contributed by atoms with van der Waals surface area (Å²) in [6.45, 7) is 10.3. The van der Waals surface area contributed by atoms with Crippen molar-refractivity contribution in [2.24, 2.45) is 0 Å². The van der Waals surface area contributed by atoms with Crippen LogP contribution in [-0.2, 0) is 6.61 Å². The van der Waals surface area contributed by atoms with Gasteiger partial charge in [-0.2, -0.15) is 0 Å². The van der Waals surface area contributed by atoms with Gasteiger partial charge in [0.15, 0.2) is 0 Å². The lowest BCUT2D eigenvalue weighted by Gasteiger charge is -2.14. The molecular weight excluding hydrogens is 381 g/mol. The number of nitrogens with zero attached hydrogens (tertiary/aromatic N) is 3. The van der Waals surface area contributed by atoms with Crippen LogP contribution < -0.4 is 4.74 Å². The topological polar surface area (TPSA) is 39.9 Å². The zero-order valence-electron chi connectivity index (χ0n) is 15.5. The van der Waals surface area contributed by atoms with Crippen LogP contribution in [0.15, 0.2) is 43.0 Å². The summed E-state index contributed by atoms with van der Waals surface area (Å²) in [4.78, 5) is 0. The van der Waals surface area contributed by atoms with Crippen LogP contribution >= 0.6 is 23.2 Å². The van der Waals surface area contributed by atoms with Crippen molar-refractivity contribution in [1.29, 1.82) is 0 Å². The standard InChI is InChI=1S/C21H21Cl2N3O/c1-5-15-9-10-16(11-14(15)4)27-12-19-20(13(2)3)24-25-26(19)21-17(22)7-6-8-18(21)23/h5-11,13H,1,12H2,2-4H3. The van der Waals surface area contributed by atoms with E-state index in [-0.39, 0.29) is 5.92 Å². The summed E-state index contributed by atoms with van der Waals surface area (Å²) in [6, 6.07) is 11.3. The van der Waals surface area contributed by atoms with E-state index < -0.39 is 0 Å². The van der Waals surface area contributed by atoms with E-state index in [0.717, 1.165) is 28.3 Å². The van der Waals surface area contributed by atoms with E-state index in [9.17, 15) is 0 Å². The number of rotatable bonds is 6. The molecule has 27 heavy (non-hydrogen) atoms. The molecule has 0 amide bonds. The average molecular weight is 402 g/mol. The van der Waals surface area contributed by atoms with Gasteiger partial charge in [0.05, 0.1) is 15.7 Å². The first kappa shape index (κ1) is 19.5. The molecule has 3 rings (SSSR count). The van der Waals surface area contributed by atoms with Gasteiger partial charge >= 0.3 is 0 Å². The highest BCUT2D eigenvalue weighted by Gasteiger charge is 2.20. The maximum atomic E-state index is 6.37. The maximum Gasteiger partial charge on any atom is 0.132 e. The number of ether oxygens (including phenoxy) is 1. The number of hydrogen-bond donors (Lipinski definition) is 0. The largest absolute Gasteiger partial charge is 0.487 e. The Morgan fingerprint density at radius 2 is 1.89 bits per heavy atom. The van der Waals surface area contributed by atoms with Gasteiger partial charge in [-0.15, -0.1) is 5.10 Å². The highest BCUT2D eigenvalue weighted by atomic mass is 35.5. The van der Waals surface area contributed by atoms with Crippen molar-refractivity contribution in [2.75, 3.05) is 0 Å². The molecule has 0 aliphatic heterocycles. The van der Waals surface area contributed by atoms with E-state index in [1.54, 1.807) is 22.9 Å². The van der Waals surface area contributed by atoms with Crippen LogP contribution in [-0.4, -0.2) is 15.0 Å². The van der Waals surface area contributed by atoms with Crippen LogP contribution in [0.25, 0.3) is 11.8 Å². The van der Waals surface area contributed by atoms with Crippen molar-refractivity contribution >= 4 is 29.3 Å². The van der Waals surface area contributed by atoms with Gasteiger partial charge in [-0.25, -0.2) is 4.68 Å². The van der Waals surface area contributed by atoms with Crippen LogP contribution in [0.2, 0.25) is 10.0 Å². The molecular formula is C21H21Cl2N3O.